The number of rotatable bonds is 2. The molecule has 2 aromatic carbocycles. The lowest BCUT2D eigenvalue weighted by Crippen LogP contribution is -2.03. The lowest BCUT2D eigenvalue weighted by Gasteiger charge is -2.08. The Kier molecular flexibility index (Phi) is 3.63. The highest BCUT2D eigenvalue weighted by atomic mass is 19.1. The van der Waals surface area contributed by atoms with Crippen molar-refractivity contribution < 1.29 is 4.39 Å². The largest absolute Gasteiger partial charge is 0.206 e. The maximum Gasteiger partial charge on any atom is 0.206 e. The molecule has 0 atom stereocenters. The van der Waals surface area contributed by atoms with Gasteiger partial charge in [0, 0.05) is 5.56 Å². The Bertz CT molecular complexity index is 718. The van der Waals surface area contributed by atoms with Gasteiger partial charge in [-0.1, -0.05) is 30.3 Å². The van der Waals surface area contributed by atoms with Gasteiger partial charge in [-0.2, -0.15) is 0 Å². The zero-order valence-corrected chi connectivity index (χ0v) is 12.6. The molecule has 4 nitrogen and oxygen atoms in total. The smallest absolute Gasteiger partial charge is 0.206 e. The van der Waals surface area contributed by atoms with E-state index in [1.54, 1.807) is 19.1 Å². The molecule has 0 bridgehead atoms. The van der Waals surface area contributed by atoms with Crippen LogP contribution in [0.4, 0.5) is 4.39 Å². The van der Waals surface area contributed by atoms with Gasteiger partial charge in [0.25, 0.3) is 0 Å². The number of hydrogen-bond acceptors (Lipinski definition) is 4. The maximum absolute atomic E-state index is 14.0. The first-order chi connectivity index (χ1) is 10.6. The van der Waals surface area contributed by atoms with E-state index in [0.29, 0.717) is 11.4 Å². The van der Waals surface area contributed by atoms with Crippen LogP contribution in [-0.2, 0) is 0 Å². The molecule has 0 aliphatic heterocycles. The molecule has 0 N–H and O–H groups in total. The molecule has 0 spiro atoms. The van der Waals surface area contributed by atoms with Crippen molar-refractivity contribution in [2.75, 3.05) is 0 Å². The minimum Gasteiger partial charge on any atom is -0.206 e. The summed E-state index contributed by atoms with van der Waals surface area (Å²) in [6, 6.07) is 10.8. The van der Waals surface area contributed by atoms with E-state index in [1.807, 2.05) is 32.0 Å². The molecule has 1 heterocycles. The highest BCUT2D eigenvalue weighted by Gasteiger charge is 2.14. The zero-order chi connectivity index (χ0) is 15.7. The topological polar surface area (TPSA) is 51.6 Å². The fourth-order valence-corrected chi connectivity index (χ4v) is 2.51. The maximum atomic E-state index is 14.0. The molecule has 0 unspecified atom stereocenters. The standard InChI is InChI=1S/C17H15FN4/c1-10-6-4-7-11(2)14(10)16-19-21-17(22-20-16)15-12(3)8-5-9-13(15)18/h4-9H,1-3H3. The number of halogens is 1. The van der Waals surface area contributed by atoms with E-state index >= 15 is 0 Å². The molecule has 110 valence electrons. The predicted molar refractivity (Wildman–Crippen MR) is 82.7 cm³/mol. The van der Waals surface area contributed by atoms with E-state index in [4.69, 9.17) is 0 Å². The first-order valence-electron chi connectivity index (χ1n) is 6.97. The fraction of sp³-hybridized carbons (Fsp3) is 0.176. The molecular formula is C17H15FN4. The van der Waals surface area contributed by atoms with Crippen LogP contribution in [-0.4, -0.2) is 20.4 Å². The van der Waals surface area contributed by atoms with Gasteiger partial charge in [-0.25, -0.2) is 4.39 Å². The first kappa shape index (κ1) is 14.3. The van der Waals surface area contributed by atoms with Crippen LogP contribution >= 0.6 is 0 Å². The van der Waals surface area contributed by atoms with Gasteiger partial charge in [-0.15, -0.1) is 20.4 Å². The van der Waals surface area contributed by atoms with Crippen LogP contribution in [0.3, 0.4) is 0 Å². The van der Waals surface area contributed by atoms with Crippen molar-refractivity contribution in [2.24, 2.45) is 0 Å². The lowest BCUT2D eigenvalue weighted by molar-refractivity contribution is 0.627. The Balaban J connectivity index is 2.08. The number of benzene rings is 2. The van der Waals surface area contributed by atoms with E-state index in [1.165, 1.54) is 6.07 Å². The second kappa shape index (κ2) is 5.60. The van der Waals surface area contributed by atoms with Gasteiger partial charge in [0.05, 0.1) is 5.56 Å². The van der Waals surface area contributed by atoms with Crippen LogP contribution < -0.4 is 0 Å². The summed E-state index contributed by atoms with van der Waals surface area (Å²) in [6.45, 7) is 5.78. The molecular weight excluding hydrogens is 279 g/mol. The van der Waals surface area contributed by atoms with Gasteiger partial charge < -0.3 is 0 Å². The molecule has 0 fully saturated rings. The van der Waals surface area contributed by atoms with Crippen molar-refractivity contribution in [1.29, 1.82) is 0 Å². The number of aryl methyl sites for hydroxylation is 3. The summed E-state index contributed by atoms with van der Waals surface area (Å²) in [5.41, 5.74) is 4.12. The third-order valence-electron chi connectivity index (χ3n) is 3.63. The normalized spacial score (nSPS) is 10.7. The quantitative estimate of drug-likeness (QED) is 0.723. The average Bonchev–Trinajstić information content (AvgIpc) is 2.48. The summed E-state index contributed by atoms with van der Waals surface area (Å²) in [4.78, 5) is 0. The summed E-state index contributed by atoms with van der Waals surface area (Å²) in [6.07, 6.45) is 0. The van der Waals surface area contributed by atoms with E-state index in [9.17, 15) is 4.39 Å². The van der Waals surface area contributed by atoms with Crippen molar-refractivity contribution in [1.82, 2.24) is 20.4 Å². The van der Waals surface area contributed by atoms with Gasteiger partial charge in [0.1, 0.15) is 5.82 Å². The van der Waals surface area contributed by atoms with Crippen molar-refractivity contribution in [3.05, 3.63) is 58.9 Å². The Hall–Kier alpha value is -2.69. The number of nitrogens with zero attached hydrogens (tertiary/aromatic N) is 4. The van der Waals surface area contributed by atoms with Gasteiger partial charge in [0.2, 0.25) is 11.6 Å². The molecule has 5 heteroatoms. The molecule has 0 amide bonds. The van der Waals surface area contributed by atoms with E-state index < -0.39 is 0 Å². The third kappa shape index (κ3) is 2.45. The molecule has 3 rings (SSSR count). The van der Waals surface area contributed by atoms with Crippen LogP contribution in [0.25, 0.3) is 22.8 Å². The lowest BCUT2D eigenvalue weighted by atomic mass is 10.0. The highest BCUT2D eigenvalue weighted by molar-refractivity contribution is 5.64. The zero-order valence-electron chi connectivity index (χ0n) is 12.6. The molecule has 0 aliphatic rings. The Labute approximate surface area is 128 Å². The van der Waals surface area contributed by atoms with E-state index in [-0.39, 0.29) is 11.6 Å². The van der Waals surface area contributed by atoms with Crippen LogP contribution in [0.15, 0.2) is 36.4 Å². The van der Waals surface area contributed by atoms with Crippen LogP contribution in [0, 0.1) is 26.6 Å². The molecule has 22 heavy (non-hydrogen) atoms. The molecule has 0 aliphatic carbocycles. The van der Waals surface area contributed by atoms with E-state index in [2.05, 4.69) is 20.4 Å². The minimum atomic E-state index is -0.372. The molecule has 0 saturated carbocycles. The van der Waals surface area contributed by atoms with Gasteiger partial charge in [-0.3, -0.25) is 0 Å². The highest BCUT2D eigenvalue weighted by Crippen LogP contribution is 2.25. The van der Waals surface area contributed by atoms with Crippen molar-refractivity contribution in [2.45, 2.75) is 20.8 Å². The Morgan fingerprint density at radius 2 is 1.05 bits per heavy atom. The Morgan fingerprint density at radius 1 is 0.636 bits per heavy atom. The van der Waals surface area contributed by atoms with Crippen molar-refractivity contribution >= 4 is 0 Å². The first-order valence-corrected chi connectivity index (χ1v) is 6.97. The summed E-state index contributed by atoms with van der Waals surface area (Å²) in [5, 5.41) is 16.4. The van der Waals surface area contributed by atoms with Crippen LogP contribution in [0.2, 0.25) is 0 Å². The van der Waals surface area contributed by atoms with Gasteiger partial charge in [0.15, 0.2) is 0 Å². The second-order valence-electron chi connectivity index (χ2n) is 5.25. The minimum absolute atomic E-state index is 0.200. The SMILES string of the molecule is Cc1cccc(C)c1-c1nnc(-c2c(C)cccc2F)nn1. The fourth-order valence-electron chi connectivity index (χ4n) is 2.51. The van der Waals surface area contributed by atoms with Crippen LogP contribution in [0.5, 0.6) is 0 Å². The van der Waals surface area contributed by atoms with Crippen molar-refractivity contribution in [3.8, 4) is 22.8 Å². The third-order valence-corrected chi connectivity index (χ3v) is 3.63. The molecule has 0 radical (unpaired) electrons. The molecule has 0 saturated heterocycles. The molecule has 3 aromatic rings. The number of aromatic nitrogens is 4. The predicted octanol–water partition coefficient (Wildman–Crippen LogP) is 3.66. The Morgan fingerprint density at radius 3 is 1.55 bits per heavy atom. The second-order valence-corrected chi connectivity index (χ2v) is 5.25. The molecule has 1 aromatic heterocycles. The van der Waals surface area contributed by atoms with Crippen LogP contribution in [0.1, 0.15) is 16.7 Å². The van der Waals surface area contributed by atoms with Gasteiger partial charge in [-0.05, 0) is 43.5 Å². The van der Waals surface area contributed by atoms with E-state index in [0.717, 1.165) is 22.3 Å². The summed E-state index contributed by atoms with van der Waals surface area (Å²) >= 11 is 0. The number of hydrogen-bond donors (Lipinski definition) is 0. The summed E-state index contributed by atoms with van der Waals surface area (Å²) in [7, 11) is 0. The summed E-state index contributed by atoms with van der Waals surface area (Å²) < 4.78 is 14.0. The monoisotopic (exact) mass is 294 g/mol. The van der Waals surface area contributed by atoms with Gasteiger partial charge >= 0.3 is 0 Å². The average molecular weight is 294 g/mol. The van der Waals surface area contributed by atoms with Crippen molar-refractivity contribution in [3.63, 3.8) is 0 Å². The summed E-state index contributed by atoms with van der Waals surface area (Å²) in [5.74, 6) is 0.280.